The summed E-state index contributed by atoms with van der Waals surface area (Å²) >= 11 is 1.71. The lowest BCUT2D eigenvalue weighted by molar-refractivity contribution is -0.139. The highest BCUT2D eigenvalue weighted by atomic mass is 32.2. The van der Waals surface area contributed by atoms with Crippen LogP contribution in [0.15, 0.2) is 29.2 Å². The monoisotopic (exact) mass is 309 g/mol. The lowest BCUT2D eigenvalue weighted by Gasteiger charge is -2.19. The van der Waals surface area contributed by atoms with Crippen LogP contribution in [0.2, 0.25) is 0 Å². The second-order valence-corrected chi connectivity index (χ2v) is 7.79. The van der Waals surface area contributed by atoms with Crippen molar-refractivity contribution < 1.29 is 9.90 Å². The number of thioether (sulfide) groups is 1. The van der Waals surface area contributed by atoms with Crippen LogP contribution < -0.4 is 5.32 Å². The fourth-order valence-electron chi connectivity index (χ4n) is 2.03. The number of carbonyl (C=O) groups is 1. The van der Waals surface area contributed by atoms with Crippen molar-refractivity contribution in [3.63, 3.8) is 0 Å². The van der Waals surface area contributed by atoms with E-state index >= 15 is 0 Å². The predicted molar refractivity (Wildman–Crippen MR) is 90.2 cm³/mol. The van der Waals surface area contributed by atoms with Gasteiger partial charge >= 0.3 is 5.97 Å². The van der Waals surface area contributed by atoms with Crippen molar-refractivity contribution in [2.75, 3.05) is 5.75 Å². The van der Waals surface area contributed by atoms with Gasteiger partial charge in [-0.2, -0.15) is 0 Å². The second kappa shape index (κ2) is 7.85. The molecule has 21 heavy (non-hydrogen) atoms. The van der Waals surface area contributed by atoms with Gasteiger partial charge in [-0.3, -0.25) is 4.79 Å². The van der Waals surface area contributed by atoms with Gasteiger partial charge in [0.25, 0.3) is 0 Å². The van der Waals surface area contributed by atoms with Crippen molar-refractivity contribution in [3.05, 3.63) is 29.8 Å². The van der Waals surface area contributed by atoms with Crippen LogP contribution in [0.5, 0.6) is 0 Å². The molecule has 0 radical (unpaired) electrons. The summed E-state index contributed by atoms with van der Waals surface area (Å²) in [4.78, 5) is 12.4. The number of carboxylic acids is 1. The molecule has 0 spiro atoms. The average molecular weight is 309 g/mol. The molecule has 0 amide bonds. The largest absolute Gasteiger partial charge is 0.480 e. The number of nitrogens with one attached hydrogen (secondary N) is 1. The second-order valence-electron chi connectivity index (χ2n) is 6.62. The van der Waals surface area contributed by atoms with Gasteiger partial charge in [-0.1, -0.05) is 46.8 Å². The molecule has 0 aliphatic heterocycles. The maximum absolute atomic E-state index is 11.2. The highest BCUT2D eigenvalue weighted by Crippen LogP contribution is 2.26. The molecule has 1 rings (SSSR count). The van der Waals surface area contributed by atoms with E-state index in [1.54, 1.807) is 11.8 Å². The van der Waals surface area contributed by atoms with Crippen LogP contribution >= 0.6 is 11.8 Å². The summed E-state index contributed by atoms with van der Waals surface area (Å²) < 4.78 is 0. The molecule has 3 nitrogen and oxygen atoms in total. The Morgan fingerprint density at radius 1 is 1.24 bits per heavy atom. The van der Waals surface area contributed by atoms with Crippen LogP contribution in [-0.2, 0) is 10.2 Å². The van der Waals surface area contributed by atoms with Gasteiger partial charge in [0.05, 0.1) is 0 Å². The van der Waals surface area contributed by atoms with Gasteiger partial charge < -0.3 is 10.4 Å². The van der Waals surface area contributed by atoms with E-state index in [2.05, 4.69) is 50.4 Å². The fraction of sp³-hybridized carbons (Fsp3) is 0.588. The lowest BCUT2D eigenvalue weighted by Crippen LogP contribution is -2.41. The molecule has 0 saturated heterocycles. The number of hydrogen-bond donors (Lipinski definition) is 2. The lowest BCUT2D eigenvalue weighted by atomic mass is 9.87. The molecule has 0 fully saturated rings. The Balaban J connectivity index is 2.50. The summed E-state index contributed by atoms with van der Waals surface area (Å²) in [6, 6.07) is 8.27. The SMILES string of the molecule is CC(C)NC(CCSc1ccc(C(C)(C)C)cc1)C(=O)O. The van der Waals surface area contributed by atoms with E-state index in [0.717, 1.165) is 5.75 Å². The van der Waals surface area contributed by atoms with Crippen LogP contribution in [-0.4, -0.2) is 28.9 Å². The summed E-state index contributed by atoms with van der Waals surface area (Å²) in [6.45, 7) is 10.5. The molecule has 0 heterocycles. The van der Waals surface area contributed by atoms with E-state index in [4.69, 9.17) is 0 Å². The minimum Gasteiger partial charge on any atom is -0.480 e. The molecule has 1 aromatic rings. The summed E-state index contributed by atoms with van der Waals surface area (Å²) in [5, 5.41) is 12.3. The first-order valence-electron chi connectivity index (χ1n) is 7.42. The van der Waals surface area contributed by atoms with Crippen molar-refractivity contribution >= 4 is 17.7 Å². The van der Waals surface area contributed by atoms with Crippen molar-refractivity contribution in [2.45, 2.75) is 63.4 Å². The first kappa shape index (κ1) is 18.1. The predicted octanol–water partition coefficient (Wildman–Crippen LogP) is 3.92. The topological polar surface area (TPSA) is 49.3 Å². The van der Waals surface area contributed by atoms with Crippen molar-refractivity contribution in [2.24, 2.45) is 0 Å². The molecule has 0 aliphatic carbocycles. The summed E-state index contributed by atoms with van der Waals surface area (Å²) in [5.41, 5.74) is 1.48. The van der Waals surface area contributed by atoms with Crippen molar-refractivity contribution in [3.8, 4) is 0 Å². The molecule has 1 atom stereocenters. The van der Waals surface area contributed by atoms with Crippen LogP contribution in [0.3, 0.4) is 0 Å². The van der Waals surface area contributed by atoms with Gasteiger partial charge in [0.2, 0.25) is 0 Å². The number of aliphatic carboxylic acids is 1. The van der Waals surface area contributed by atoms with Gasteiger partial charge in [-0.15, -0.1) is 11.8 Å². The fourth-order valence-corrected chi connectivity index (χ4v) is 2.94. The Labute approximate surface area is 132 Å². The highest BCUT2D eigenvalue weighted by molar-refractivity contribution is 7.99. The minimum absolute atomic E-state index is 0.165. The molecular formula is C17H27NO2S. The Morgan fingerprint density at radius 3 is 2.24 bits per heavy atom. The van der Waals surface area contributed by atoms with Crippen LogP contribution in [0.1, 0.15) is 46.6 Å². The van der Waals surface area contributed by atoms with E-state index in [-0.39, 0.29) is 11.5 Å². The average Bonchev–Trinajstić information content (AvgIpc) is 2.36. The third kappa shape index (κ3) is 6.53. The Bertz CT molecular complexity index is 449. The van der Waals surface area contributed by atoms with Gasteiger partial charge in [-0.05, 0) is 29.5 Å². The molecule has 0 aromatic heterocycles. The van der Waals surface area contributed by atoms with Crippen LogP contribution in [0.25, 0.3) is 0 Å². The van der Waals surface area contributed by atoms with Gasteiger partial charge in [0.1, 0.15) is 6.04 Å². The van der Waals surface area contributed by atoms with E-state index in [1.165, 1.54) is 10.5 Å². The quantitative estimate of drug-likeness (QED) is 0.750. The highest BCUT2D eigenvalue weighted by Gasteiger charge is 2.17. The van der Waals surface area contributed by atoms with E-state index in [9.17, 15) is 9.90 Å². The van der Waals surface area contributed by atoms with Gasteiger partial charge in [-0.25, -0.2) is 0 Å². The zero-order chi connectivity index (χ0) is 16.0. The molecule has 118 valence electrons. The number of benzene rings is 1. The maximum atomic E-state index is 11.2. The van der Waals surface area contributed by atoms with E-state index in [1.807, 2.05) is 13.8 Å². The van der Waals surface area contributed by atoms with Crippen LogP contribution in [0.4, 0.5) is 0 Å². The standard InChI is InChI=1S/C17H27NO2S/c1-12(2)18-15(16(19)20)10-11-21-14-8-6-13(7-9-14)17(3,4)5/h6-9,12,15,18H,10-11H2,1-5H3,(H,19,20). The first-order chi connectivity index (χ1) is 9.70. The molecule has 4 heteroatoms. The van der Waals surface area contributed by atoms with Gasteiger partial charge in [0, 0.05) is 16.7 Å². The minimum atomic E-state index is -0.771. The molecule has 0 bridgehead atoms. The van der Waals surface area contributed by atoms with E-state index < -0.39 is 12.0 Å². The number of hydrogen-bond acceptors (Lipinski definition) is 3. The summed E-state index contributed by atoms with van der Waals surface area (Å²) in [5.74, 6) is 0.0262. The summed E-state index contributed by atoms with van der Waals surface area (Å²) in [6.07, 6.45) is 0.624. The van der Waals surface area contributed by atoms with Gasteiger partial charge in [0.15, 0.2) is 0 Å². The van der Waals surface area contributed by atoms with Crippen LogP contribution in [0, 0.1) is 0 Å². The first-order valence-corrected chi connectivity index (χ1v) is 8.41. The zero-order valence-corrected chi connectivity index (χ0v) is 14.5. The normalized spacial score (nSPS) is 13.4. The van der Waals surface area contributed by atoms with Crippen molar-refractivity contribution in [1.29, 1.82) is 0 Å². The molecule has 2 N–H and O–H groups in total. The maximum Gasteiger partial charge on any atom is 0.320 e. The van der Waals surface area contributed by atoms with Crippen molar-refractivity contribution in [1.82, 2.24) is 5.32 Å². The third-order valence-electron chi connectivity index (χ3n) is 3.23. The Hall–Kier alpha value is -1.00. The zero-order valence-electron chi connectivity index (χ0n) is 13.6. The smallest absolute Gasteiger partial charge is 0.320 e. The number of rotatable bonds is 7. The molecule has 1 unspecified atom stereocenters. The third-order valence-corrected chi connectivity index (χ3v) is 4.27. The molecule has 0 saturated carbocycles. The number of carboxylic acid groups (broad SMARTS) is 1. The molecule has 0 aliphatic rings. The van der Waals surface area contributed by atoms with E-state index in [0.29, 0.717) is 6.42 Å². The summed E-state index contributed by atoms with van der Waals surface area (Å²) in [7, 11) is 0. The molecule has 1 aromatic carbocycles. The Morgan fingerprint density at radius 2 is 1.81 bits per heavy atom. The Kier molecular flexibility index (Phi) is 6.75. The molecular weight excluding hydrogens is 282 g/mol.